The van der Waals surface area contributed by atoms with Crippen molar-refractivity contribution in [2.24, 2.45) is 0 Å². The molecule has 5 nitrogen and oxygen atoms in total. The maximum atomic E-state index is 12.0. The third-order valence-corrected chi connectivity index (χ3v) is 3.80. The van der Waals surface area contributed by atoms with Gasteiger partial charge >= 0.3 is 5.97 Å². The number of carbonyl (C=O) groups excluding carboxylic acids is 1. The number of carboxylic acid groups (broad SMARTS) is 1. The SMILES string of the molecule is O=C(Nc1ccc(C2(C(=O)O)CC2)cc1)c1ccncc1. The Labute approximate surface area is 121 Å². The van der Waals surface area contributed by atoms with Crippen LogP contribution in [0.15, 0.2) is 48.8 Å². The van der Waals surface area contributed by atoms with Crippen LogP contribution >= 0.6 is 0 Å². The average molecular weight is 282 g/mol. The van der Waals surface area contributed by atoms with Crippen LogP contribution in [-0.2, 0) is 10.2 Å². The normalized spacial score (nSPS) is 15.2. The molecule has 21 heavy (non-hydrogen) atoms. The van der Waals surface area contributed by atoms with Crippen LogP contribution in [0, 0.1) is 0 Å². The van der Waals surface area contributed by atoms with Crippen molar-refractivity contribution in [1.82, 2.24) is 4.98 Å². The molecular formula is C16H14N2O3. The van der Waals surface area contributed by atoms with E-state index in [1.54, 1.807) is 48.8 Å². The van der Waals surface area contributed by atoms with Gasteiger partial charge in [0.1, 0.15) is 0 Å². The molecule has 0 aliphatic heterocycles. The van der Waals surface area contributed by atoms with E-state index < -0.39 is 11.4 Å². The summed E-state index contributed by atoms with van der Waals surface area (Å²) in [6, 6.07) is 10.3. The lowest BCUT2D eigenvalue weighted by Crippen LogP contribution is -2.19. The Kier molecular flexibility index (Phi) is 3.17. The fraction of sp³-hybridized carbons (Fsp3) is 0.188. The van der Waals surface area contributed by atoms with Crippen molar-refractivity contribution in [3.05, 3.63) is 59.9 Å². The molecule has 0 unspecified atom stereocenters. The van der Waals surface area contributed by atoms with E-state index >= 15 is 0 Å². The first-order chi connectivity index (χ1) is 10.1. The van der Waals surface area contributed by atoms with Crippen molar-refractivity contribution in [2.45, 2.75) is 18.3 Å². The minimum Gasteiger partial charge on any atom is -0.481 e. The minimum absolute atomic E-state index is 0.218. The molecule has 1 amide bonds. The number of nitrogens with zero attached hydrogens (tertiary/aromatic N) is 1. The third kappa shape index (κ3) is 2.50. The molecule has 1 aromatic carbocycles. The van der Waals surface area contributed by atoms with E-state index in [4.69, 9.17) is 0 Å². The number of aromatic nitrogens is 1. The van der Waals surface area contributed by atoms with Gasteiger partial charge < -0.3 is 10.4 Å². The summed E-state index contributed by atoms with van der Waals surface area (Å²) < 4.78 is 0. The van der Waals surface area contributed by atoms with Gasteiger partial charge in [0, 0.05) is 23.6 Å². The molecule has 0 saturated heterocycles. The Morgan fingerprint density at radius 1 is 1.05 bits per heavy atom. The van der Waals surface area contributed by atoms with E-state index in [0.717, 1.165) is 5.56 Å². The topological polar surface area (TPSA) is 79.3 Å². The number of nitrogens with one attached hydrogen (secondary N) is 1. The van der Waals surface area contributed by atoms with Gasteiger partial charge in [-0.3, -0.25) is 14.6 Å². The van der Waals surface area contributed by atoms with Crippen LogP contribution in [-0.4, -0.2) is 22.0 Å². The predicted molar refractivity (Wildman–Crippen MR) is 77.2 cm³/mol. The van der Waals surface area contributed by atoms with Gasteiger partial charge in [0.15, 0.2) is 0 Å². The molecule has 0 bridgehead atoms. The number of carboxylic acids is 1. The number of hydrogen-bond acceptors (Lipinski definition) is 3. The molecule has 2 aromatic rings. The van der Waals surface area contributed by atoms with E-state index in [1.807, 2.05) is 0 Å². The average Bonchev–Trinajstić information content (AvgIpc) is 3.31. The molecule has 106 valence electrons. The maximum absolute atomic E-state index is 12.0. The van der Waals surface area contributed by atoms with E-state index in [-0.39, 0.29) is 5.91 Å². The second kappa shape index (κ2) is 5.01. The van der Waals surface area contributed by atoms with Gasteiger partial charge in [0.25, 0.3) is 5.91 Å². The Morgan fingerprint density at radius 3 is 2.19 bits per heavy atom. The van der Waals surface area contributed by atoms with Crippen molar-refractivity contribution >= 4 is 17.6 Å². The molecule has 5 heteroatoms. The molecule has 1 aliphatic carbocycles. The summed E-state index contributed by atoms with van der Waals surface area (Å²) in [6.45, 7) is 0. The maximum Gasteiger partial charge on any atom is 0.314 e. The zero-order valence-corrected chi connectivity index (χ0v) is 11.2. The van der Waals surface area contributed by atoms with Crippen molar-refractivity contribution in [3.8, 4) is 0 Å². The van der Waals surface area contributed by atoms with Gasteiger partial charge in [0.05, 0.1) is 5.41 Å². The lowest BCUT2D eigenvalue weighted by molar-refractivity contribution is -0.140. The van der Waals surface area contributed by atoms with E-state index in [0.29, 0.717) is 24.1 Å². The summed E-state index contributed by atoms with van der Waals surface area (Å²) in [5.74, 6) is -0.999. The van der Waals surface area contributed by atoms with Gasteiger partial charge in [0.2, 0.25) is 0 Å². The Morgan fingerprint density at radius 2 is 1.67 bits per heavy atom. The predicted octanol–water partition coefficient (Wildman–Crippen LogP) is 2.45. The lowest BCUT2D eigenvalue weighted by Gasteiger charge is -2.11. The highest BCUT2D eigenvalue weighted by molar-refractivity contribution is 6.04. The standard InChI is InChI=1S/C16H14N2O3/c19-14(11-5-9-17-10-6-11)18-13-3-1-12(2-4-13)16(7-8-16)15(20)21/h1-6,9-10H,7-8H2,(H,18,19)(H,20,21). The Bertz CT molecular complexity index is 676. The zero-order valence-electron chi connectivity index (χ0n) is 11.2. The van der Waals surface area contributed by atoms with Crippen LogP contribution in [0.4, 0.5) is 5.69 Å². The second-order valence-corrected chi connectivity index (χ2v) is 5.15. The summed E-state index contributed by atoms with van der Waals surface area (Å²) in [4.78, 5) is 27.1. The fourth-order valence-electron chi connectivity index (χ4n) is 2.33. The van der Waals surface area contributed by atoms with E-state index in [9.17, 15) is 14.7 Å². The number of pyridine rings is 1. The molecular weight excluding hydrogens is 268 g/mol. The quantitative estimate of drug-likeness (QED) is 0.902. The highest BCUT2D eigenvalue weighted by Gasteiger charge is 2.51. The number of carbonyl (C=O) groups is 2. The van der Waals surface area contributed by atoms with Crippen LogP contribution < -0.4 is 5.32 Å². The van der Waals surface area contributed by atoms with Crippen LogP contribution in [0.5, 0.6) is 0 Å². The van der Waals surface area contributed by atoms with Crippen LogP contribution in [0.2, 0.25) is 0 Å². The molecule has 1 fully saturated rings. The first-order valence-corrected chi connectivity index (χ1v) is 6.67. The molecule has 1 aromatic heterocycles. The van der Waals surface area contributed by atoms with Crippen LogP contribution in [0.3, 0.4) is 0 Å². The summed E-state index contributed by atoms with van der Waals surface area (Å²) in [7, 11) is 0. The van der Waals surface area contributed by atoms with E-state index in [1.165, 1.54) is 0 Å². The third-order valence-electron chi connectivity index (χ3n) is 3.80. The van der Waals surface area contributed by atoms with Gasteiger partial charge in [-0.1, -0.05) is 12.1 Å². The highest BCUT2D eigenvalue weighted by Crippen LogP contribution is 2.48. The number of benzene rings is 1. The summed E-state index contributed by atoms with van der Waals surface area (Å²) in [6.07, 6.45) is 4.46. The summed E-state index contributed by atoms with van der Waals surface area (Å²) >= 11 is 0. The molecule has 0 spiro atoms. The number of anilines is 1. The summed E-state index contributed by atoms with van der Waals surface area (Å²) in [5.41, 5.74) is 1.24. The number of amides is 1. The molecule has 0 radical (unpaired) electrons. The van der Waals surface area contributed by atoms with Crippen molar-refractivity contribution < 1.29 is 14.7 Å². The van der Waals surface area contributed by atoms with Crippen LogP contribution in [0.25, 0.3) is 0 Å². The van der Waals surface area contributed by atoms with Crippen molar-refractivity contribution in [3.63, 3.8) is 0 Å². The highest BCUT2D eigenvalue weighted by atomic mass is 16.4. The molecule has 3 rings (SSSR count). The zero-order chi connectivity index (χ0) is 14.9. The van der Waals surface area contributed by atoms with Crippen molar-refractivity contribution in [2.75, 3.05) is 5.32 Å². The van der Waals surface area contributed by atoms with Gasteiger partial charge in [-0.2, -0.15) is 0 Å². The van der Waals surface area contributed by atoms with E-state index in [2.05, 4.69) is 10.3 Å². The van der Waals surface area contributed by atoms with Gasteiger partial charge in [-0.25, -0.2) is 0 Å². The second-order valence-electron chi connectivity index (χ2n) is 5.15. The monoisotopic (exact) mass is 282 g/mol. The van der Waals surface area contributed by atoms with Crippen LogP contribution in [0.1, 0.15) is 28.8 Å². The molecule has 1 saturated carbocycles. The van der Waals surface area contributed by atoms with Gasteiger partial charge in [-0.05, 0) is 42.7 Å². The lowest BCUT2D eigenvalue weighted by atomic mass is 9.96. The number of hydrogen-bond donors (Lipinski definition) is 2. The van der Waals surface area contributed by atoms with Crippen molar-refractivity contribution in [1.29, 1.82) is 0 Å². The fourth-order valence-corrected chi connectivity index (χ4v) is 2.33. The largest absolute Gasteiger partial charge is 0.481 e. The smallest absolute Gasteiger partial charge is 0.314 e. The Hall–Kier alpha value is -2.69. The molecule has 1 aliphatic rings. The van der Waals surface area contributed by atoms with Gasteiger partial charge in [-0.15, -0.1) is 0 Å². The summed E-state index contributed by atoms with van der Waals surface area (Å²) in [5, 5.41) is 12.0. The molecule has 0 atom stereocenters. The number of aliphatic carboxylic acids is 1. The molecule has 2 N–H and O–H groups in total. The molecule has 1 heterocycles. The number of rotatable bonds is 4. The first kappa shape index (κ1) is 13.3. The Balaban J connectivity index is 1.74. The first-order valence-electron chi connectivity index (χ1n) is 6.67. The minimum atomic E-state index is -0.781.